The number of hydrogen-bond acceptors (Lipinski definition) is 3. The Hall–Kier alpha value is -2.76. The second-order valence-corrected chi connectivity index (χ2v) is 8.16. The Labute approximate surface area is 174 Å². The maximum Gasteiger partial charge on any atom is 0.281 e. The molecule has 1 aromatic heterocycles. The van der Waals surface area contributed by atoms with E-state index in [4.69, 9.17) is 12.2 Å². The third-order valence-corrected chi connectivity index (χ3v) is 6.00. The first-order valence-electron chi connectivity index (χ1n) is 9.23. The van der Waals surface area contributed by atoms with Crippen LogP contribution in [0, 0.1) is 0 Å². The molecule has 0 bridgehead atoms. The predicted octanol–water partition coefficient (Wildman–Crippen LogP) is 5.16. The second kappa shape index (κ2) is 8.09. The van der Waals surface area contributed by atoms with Crippen LogP contribution in [-0.2, 0) is 17.6 Å². The van der Waals surface area contributed by atoms with Crippen LogP contribution >= 0.6 is 23.6 Å². The Bertz CT molecular complexity index is 1050. The zero-order valence-electron chi connectivity index (χ0n) is 15.5. The lowest BCUT2D eigenvalue weighted by Gasteiger charge is -2.17. The summed E-state index contributed by atoms with van der Waals surface area (Å²) in [5.41, 5.74) is 3.75. The fourth-order valence-corrected chi connectivity index (χ4v) is 4.57. The molecule has 0 atom stereocenters. The van der Waals surface area contributed by atoms with Crippen LogP contribution in [-0.4, -0.2) is 11.0 Å². The smallest absolute Gasteiger partial charge is 0.281 e. The molecule has 2 aromatic carbocycles. The first kappa shape index (κ1) is 18.6. The fourth-order valence-electron chi connectivity index (χ4n) is 3.29. The lowest BCUT2D eigenvalue weighted by molar-refractivity contribution is -0.113. The maximum absolute atomic E-state index is 13.0. The third-order valence-electron chi connectivity index (χ3n) is 4.68. The van der Waals surface area contributed by atoms with Gasteiger partial charge in [-0.25, -0.2) is 0 Å². The van der Waals surface area contributed by atoms with Crippen LogP contribution in [0.3, 0.4) is 0 Å². The molecular formula is C23H20N2OS2. The molecule has 1 saturated heterocycles. The molecule has 0 unspecified atom stereocenters. The van der Waals surface area contributed by atoms with Crippen LogP contribution < -0.4 is 10.2 Å². The van der Waals surface area contributed by atoms with Crippen molar-refractivity contribution in [3.8, 4) is 0 Å². The molecule has 0 aliphatic carbocycles. The van der Waals surface area contributed by atoms with Crippen molar-refractivity contribution in [1.82, 2.24) is 5.32 Å². The van der Waals surface area contributed by atoms with E-state index < -0.39 is 0 Å². The number of carbonyl (C=O) groups is 1. The van der Waals surface area contributed by atoms with Crippen LogP contribution in [0.2, 0.25) is 0 Å². The number of nitrogens with zero attached hydrogens (tertiary/aromatic N) is 1. The van der Waals surface area contributed by atoms with E-state index in [1.165, 1.54) is 10.4 Å². The molecule has 28 heavy (non-hydrogen) atoms. The lowest BCUT2D eigenvalue weighted by Crippen LogP contribution is -2.31. The summed E-state index contributed by atoms with van der Waals surface area (Å²) in [4.78, 5) is 16.9. The van der Waals surface area contributed by atoms with Gasteiger partial charge < -0.3 is 5.32 Å². The Balaban J connectivity index is 1.56. The summed E-state index contributed by atoms with van der Waals surface area (Å²) in [6.45, 7) is 2.08. The molecular weight excluding hydrogens is 384 g/mol. The fraction of sp³-hybridized carbons (Fsp3) is 0.130. The number of amides is 1. The number of thiocarbonyl (C=S) groups is 1. The van der Waals surface area contributed by atoms with Gasteiger partial charge in [-0.2, -0.15) is 0 Å². The standard InChI is InChI=1S/C23H20N2OS2/c1-2-17-10-6-7-11-21(17)25-22(26)20(24-23(25)27)15-19-13-12-18(28-19)14-16-8-4-3-5-9-16/h3-13,15H,2,14H2,1H3,(H,24,27)/b20-15+. The van der Waals surface area contributed by atoms with E-state index in [0.29, 0.717) is 10.8 Å². The molecule has 0 saturated carbocycles. The minimum Gasteiger partial charge on any atom is -0.327 e. The van der Waals surface area contributed by atoms with Crippen molar-refractivity contribution >= 4 is 46.3 Å². The number of para-hydroxylation sites is 1. The van der Waals surface area contributed by atoms with Crippen molar-refractivity contribution in [2.24, 2.45) is 0 Å². The van der Waals surface area contributed by atoms with Crippen molar-refractivity contribution in [3.05, 3.63) is 93.3 Å². The van der Waals surface area contributed by atoms with E-state index in [1.54, 1.807) is 16.2 Å². The molecule has 140 valence electrons. The summed E-state index contributed by atoms with van der Waals surface area (Å²) in [5, 5.41) is 3.52. The van der Waals surface area contributed by atoms with Gasteiger partial charge in [0.05, 0.1) is 5.69 Å². The van der Waals surface area contributed by atoms with Crippen molar-refractivity contribution in [1.29, 1.82) is 0 Å². The van der Waals surface area contributed by atoms with Gasteiger partial charge in [0.2, 0.25) is 0 Å². The van der Waals surface area contributed by atoms with Crippen LogP contribution in [0.25, 0.3) is 6.08 Å². The number of benzene rings is 2. The topological polar surface area (TPSA) is 32.3 Å². The molecule has 2 heterocycles. The Morgan fingerprint density at radius 2 is 1.79 bits per heavy atom. The van der Waals surface area contributed by atoms with E-state index in [1.807, 2.05) is 36.4 Å². The summed E-state index contributed by atoms with van der Waals surface area (Å²) >= 11 is 7.14. The van der Waals surface area contributed by atoms with E-state index >= 15 is 0 Å². The zero-order chi connectivity index (χ0) is 19.5. The number of carbonyl (C=O) groups excluding carboxylic acids is 1. The molecule has 1 N–H and O–H groups in total. The highest BCUT2D eigenvalue weighted by Crippen LogP contribution is 2.28. The average molecular weight is 405 g/mol. The van der Waals surface area contributed by atoms with Crippen molar-refractivity contribution in [2.45, 2.75) is 19.8 Å². The summed E-state index contributed by atoms with van der Waals surface area (Å²) in [6.07, 6.45) is 3.63. The second-order valence-electron chi connectivity index (χ2n) is 6.58. The normalized spacial score (nSPS) is 15.3. The molecule has 1 fully saturated rings. The average Bonchev–Trinajstić information content (AvgIpc) is 3.26. The maximum atomic E-state index is 13.0. The van der Waals surface area contributed by atoms with Gasteiger partial charge in [0.25, 0.3) is 5.91 Å². The Kier molecular flexibility index (Phi) is 5.37. The summed E-state index contributed by atoms with van der Waals surface area (Å²) in [7, 11) is 0. The highest BCUT2D eigenvalue weighted by atomic mass is 32.1. The van der Waals surface area contributed by atoms with Crippen LogP contribution in [0.15, 0.2) is 72.4 Å². The molecule has 1 aliphatic rings. The molecule has 4 rings (SSSR count). The minimum absolute atomic E-state index is 0.107. The van der Waals surface area contributed by atoms with Gasteiger partial charge in [0.1, 0.15) is 5.70 Å². The van der Waals surface area contributed by atoms with Crippen molar-refractivity contribution < 1.29 is 4.79 Å². The van der Waals surface area contributed by atoms with Crippen LogP contribution in [0.1, 0.15) is 27.8 Å². The number of thiophene rings is 1. The number of nitrogens with one attached hydrogen (secondary N) is 1. The predicted molar refractivity (Wildman–Crippen MR) is 121 cm³/mol. The molecule has 3 nitrogen and oxygen atoms in total. The number of rotatable bonds is 5. The van der Waals surface area contributed by atoms with Crippen LogP contribution in [0.4, 0.5) is 5.69 Å². The van der Waals surface area contributed by atoms with Gasteiger partial charge in [-0.1, -0.05) is 55.5 Å². The van der Waals surface area contributed by atoms with Gasteiger partial charge in [0.15, 0.2) is 5.11 Å². The Morgan fingerprint density at radius 1 is 1.04 bits per heavy atom. The molecule has 3 aromatic rings. The lowest BCUT2D eigenvalue weighted by atomic mass is 10.1. The molecule has 1 aliphatic heterocycles. The Morgan fingerprint density at radius 3 is 2.57 bits per heavy atom. The number of anilines is 1. The van der Waals surface area contributed by atoms with E-state index in [2.05, 4.69) is 48.6 Å². The van der Waals surface area contributed by atoms with Gasteiger partial charge in [-0.05, 0) is 54.0 Å². The van der Waals surface area contributed by atoms with Crippen molar-refractivity contribution in [3.63, 3.8) is 0 Å². The molecule has 5 heteroatoms. The first-order chi connectivity index (χ1) is 13.7. The highest BCUT2D eigenvalue weighted by molar-refractivity contribution is 7.80. The minimum atomic E-state index is -0.107. The quantitative estimate of drug-likeness (QED) is 0.471. The number of hydrogen-bond donors (Lipinski definition) is 1. The van der Waals surface area contributed by atoms with Crippen LogP contribution in [0.5, 0.6) is 0 Å². The highest BCUT2D eigenvalue weighted by Gasteiger charge is 2.33. The SMILES string of the molecule is CCc1ccccc1N1C(=O)/C(=C\c2ccc(Cc3ccccc3)s2)NC1=S. The summed E-state index contributed by atoms with van der Waals surface area (Å²) in [6, 6.07) is 22.4. The molecule has 1 amide bonds. The largest absolute Gasteiger partial charge is 0.327 e. The van der Waals surface area contributed by atoms with E-state index in [0.717, 1.165) is 29.0 Å². The van der Waals surface area contributed by atoms with E-state index in [-0.39, 0.29) is 5.91 Å². The molecule has 0 spiro atoms. The number of aryl methyl sites for hydroxylation is 1. The first-order valence-corrected chi connectivity index (χ1v) is 10.5. The van der Waals surface area contributed by atoms with E-state index in [9.17, 15) is 4.79 Å². The summed E-state index contributed by atoms with van der Waals surface area (Å²) in [5.74, 6) is -0.107. The van der Waals surface area contributed by atoms with Gasteiger partial charge in [0, 0.05) is 16.2 Å². The zero-order valence-corrected chi connectivity index (χ0v) is 17.1. The van der Waals surface area contributed by atoms with Crippen molar-refractivity contribution in [2.75, 3.05) is 4.90 Å². The van der Waals surface area contributed by atoms with Gasteiger partial charge in [-0.15, -0.1) is 11.3 Å². The monoisotopic (exact) mass is 404 g/mol. The molecule has 0 radical (unpaired) electrons. The van der Waals surface area contributed by atoms with Gasteiger partial charge in [-0.3, -0.25) is 9.69 Å². The third kappa shape index (κ3) is 3.77. The summed E-state index contributed by atoms with van der Waals surface area (Å²) < 4.78 is 0. The van der Waals surface area contributed by atoms with Gasteiger partial charge >= 0.3 is 0 Å².